The fourth-order valence-corrected chi connectivity index (χ4v) is 3.84. The van der Waals surface area contributed by atoms with Crippen molar-refractivity contribution in [3.05, 3.63) is 101 Å². The van der Waals surface area contributed by atoms with Crippen molar-refractivity contribution in [3.8, 4) is 51.9 Å². The van der Waals surface area contributed by atoms with Gasteiger partial charge in [0.1, 0.15) is 23.2 Å². The predicted molar refractivity (Wildman–Crippen MR) is 144 cm³/mol. The molecule has 0 saturated heterocycles. The van der Waals surface area contributed by atoms with E-state index in [-0.39, 0.29) is 33.7 Å². The number of nitrogens with two attached hydrogens (primary N) is 1. The number of imidazole rings is 1. The van der Waals surface area contributed by atoms with Crippen LogP contribution < -0.4 is 19.9 Å². The first-order valence-corrected chi connectivity index (χ1v) is 12.0. The van der Waals surface area contributed by atoms with Crippen LogP contribution in [0.1, 0.15) is 5.56 Å². The zero-order chi connectivity index (χ0) is 28.4. The van der Waals surface area contributed by atoms with Crippen molar-refractivity contribution in [2.75, 3.05) is 0 Å². The van der Waals surface area contributed by atoms with Crippen LogP contribution in [-0.2, 0) is 7.05 Å². The zero-order valence-electron chi connectivity index (χ0n) is 20.7. The van der Waals surface area contributed by atoms with E-state index in [1.807, 2.05) is 7.05 Å². The number of hydrogen-bond donors (Lipinski definition) is 3. The maximum absolute atomic E-state index is 15.7. The second-order valence-corrected chi connectivity index (χ2v) is 8.81. The third-order valence-corrected chi connectivity index (χ3v) is 5.94. The molecule has 0 bridgehead atoms. The summed E-state index contributed by atoms with van der Waals surface area (Å²) >= 11 is 6.14. The summed E-state index contributed by atoms with van der Waals surface area (Å²) in [5.41, 5.74) is 6.37. The van der Waals surface area contributed by atoms with Gasteiger partial charge in [0.05, 0.1) is 5.02 Å². The van der Waals surface area contributed by atoms with Crippen molar-refractivity contribution >= 4 is 17.4 Å². The van der Waals surface area contributed by atoms with Crippen LogP contribution in [0, 0.1) is 17.0 Å². The van der Waals surface area contributed by atoms with Crippen LogP contribution in [0.15, 0.2) is 79.1 Å². The van der Waals surface area contributed by atoms with E-state index in [1.165, 1.54) is 30.3 Å². The van der Waals surface area contributed by atoms with E-state index < -0.39 is 34.9 Å². The molecule has 0 aliphatic heterocycles. The average Bonchev–Trinajstić information content (AvgIpc) is 3.37. The van der Waals surface area contributed by atoms with Crippen LogP contribution in [0.5, 0.6) is 40.5 Å². The first-order chi connectivity index (χ1) is 19.2. The molecule has 0 spiro atoms. The van der Waals surface area contributed by atoms with E-state index in [2.05, 4.69) is 9.97 Å². The van der Waals surface area contributed by atoms with E-state index in [0.717, 1.165) is 0 Å². The van der Waals surface area contributed by atoms with Crippen molar-refractivity contribution in [1.29, 1.82) is 5.41 Å². The molecule has 0 aliphatic carbocycles. The van der Waals surface area contributed by atoms with Crippen molar-refractivity contribution in [2.24, 2.45) is 12.8 Å². The van der Waals surface area contributed by atoms with E-state index in [9.17, 15) is 5.11 Å². The Morgan fingerprint density at radius 3 is 2.40 bits per heavy atom. The Labute approximate surface area is 231 Å². The molecular formula is C28H20ClF2N5O4. The molecule has 2 heterocycles. The van der Waals surface area contributed by atoms with Crippen molar-refractivity contribution in [3.63, 3.8) is 0 Å². The number of aryl methyl sites for hydroxylation is 1. The first kappa shape index (κ1) is 26.4. The molecule has 4 N–H and O–H groups in total. The Morgan fingerprint density at radius 1 is 0.950 bits per heavy atom. The number of nitrogens with zero attached hydrogens (tertiary/aromatic N) is 3. The molecule has 3 aromatic carbocycles. The zero-order valence-corrected chi connectivity index (χ0v) is 21.5. The lowest BCUT2D eigenvalue weighted by molar-refractivity contribution is 0.331. The molecule has 0 unspecified atom stereocenters. The molecule has 2 aromatic heterocycles. The van der Waals surface area contributed by atoms with Gasteiger partial charge in [0, 0.05) is 30.6 Å². The number of pyridine rings is 1. The number of halogens is 3. The SMILES string of the molecule is Cn1ccnc1-c1cccc(Oc2nc(Oc3cc(C(=N)N)ccc3O)c(F)c(Oc3ccccc3Cl)c2F)c1. The van der Waals surface area contributed by atoms with Crippen LogP contribution in [0.2, 0.25) is 5.02 Å². The number of hydrogen-bond acceptors (Lipinski definition) is 7. The molecule has 9 nitrogen and oxygen atoms in total. The molecule has 0 amide bonds. The third kappa shape index (κ3) is 5.36. The number of nitrogen functional groups attached to an aromatic ring is 1. The third-order valence-electron chi connectivity index (χ3n) is 5.63. The molecular weight excluding hydrogens is 544 g/mol. The summed E-state index contributed by atoms with van der Waals surface area (Å²) in [6, 6.07) is 16.5. The Balaban J connectivity index is 1.60. The van der Waals surface area contributed by atoms with E-state index in [0.29, 0.717) is 11.4 Å². The van der Waals surface area contributed by atoms with E-state index >= 15 is 8.78 Å². The van der Waals surface area contributed by atoms with Gasteiger partial charge in [0.2, 0.25) is 17.4 Å². The molecule has 5 aromatic rings. The Kier molecular flexibility index (Phi) is 7.21. The van der Waals surface area contributed by atoms with Gasteiger partial charge in [0.15, 0.2) is 11.5 Å². The lowest BCUT2D eigenvalue weighted by atomic mass is 10.2. The molecule has 0 fully saturated rings. The second kappa shape index (κ2) is 10.9. The van der Waals surface area contributed by atoms with Gasteiger partial charge in [-0.05, 0) is 42.5 Å². The number of amidine groups is 1. The maximum Gasteiger partial charge on any atom is 0.263 e. The predicted octanol–water partition coefficient (Wildman–Crippen LogP) is 6.78. The lowest BCUT2D eigenvalue weighted by Gasteiger charge is -2.16. The molecule has 5 rings (SSSR count). The number of rotatable bonds is 8. The molecule has 0 aliphatic rings. The highest BCUT2D eigenvalue weighted by molar-refractivity contribution is 6.32. The van der Waals surface area contributed by atoms with Crippen LogP contribution in [0.4, 0.5) is 8.78 Å². The highest BCUT2D eigenvalue weighted by Crippen LogP contribution is 2.42. The smallest absolute Gasteiger partial charge is 0.263 e. The van der Waals surface area contributed by atoms with Crippen molar-refractivity contribution in [2.45, 2.75) is 0 Å². The first-order valence-electron chi connectivity index (χ1n) is 11.6. The molecule has 0 atom stereocenters. The monoisotopic (exact) mass is 563 g/mol. The standard InChI is InChI=1S/C28H20ClF2N5O4/c1-36-12-11-34-26(36)16-5-4-6-17(13-16)38-27-22(30)24(39-20-8-3-2-7-18(20)29)23(31)28(35-27)40-21-14-15(25(32)33)9-10-19(21)37/h2-14,37H,1H3,(H3,32,33). The van der Waals surface area contributed by atoms with Gasteiger partial charge in [-0.2, -0.15) is 13.8 Å². The summed E-state index contributed by atoms with van der Waals surface area (Å²) in [6.07, 6.45) is 3.39. The quantitative estimate of drug-likeness (QED) is 0.140. The van der Waals surface area contributed by atoms with E-state index in [4.69, 9.17) is 37.0 Å². The Hall–Kier alpha value is -5.16. The van der Waals surface area contributed by atoms with Gasteiger partial charge < -0.3 is 29.6 Å². The molecule has 0 radical (unpaired) electrons. The van der Waals surface area contributed by atoms with Gasteiger partial charge >= 0.3 is 0 Å². The van der Waals surface area contributed by atoms with Gasteiger partial charge in [-0.25, -0.2) is 4.98 Å². The summed E-state index contributed by atoms with van der Waals surface area (Å²) in [6.45, 7) is 0. The van der Waals surface area contributed by atoms with Gasteiger partial charge in [-0.1, -0.05) is 35.9 Å². The number of phenolic OH excluding ortho intramolecular Hbond substituents is 1. The number of aromatic hydroxyl groups is 1. The van der Waals surface area contributed by atoms with E-state index in [1.54, 1.807) is 53.4 Å². The number of ether oxygens (including phenoxy) is 3. The van der Waals surface area contributed by atoms with Crippen LogP contribution in [0.3, 0.4) is 0 Å². The van der Waals surface area contributed by atoms with Crippen molar-refractivity contribution < 1.29 is 28.1 Å². The largest absolute Gasteiger partial charge is 0.504 e. The summed E-state index contributed by atoms with van der Waals surface area (Å²) in [4.78, 5) is 8.18. The number of para-hydroxylation sites is 1. The minimum absolute atomic E-state index is 0.0386. The highest BCUT2D eigenvalue weighted by Gasteiger charge is 2.27. The summed E-state index contributed by atoms with van der Waals surface area (Å²) < 4.78 is 49.8. The number of aromatic nitrogens is 3. The molecule has 202 valence electrons. The molecule has 12 heteroatoms. The normalized spacial score (nSPS) is 10.8. The Bertz CT molecular complexity index is 1740. The summed E-state index contributed by atoms with van der Waals surface area (Å²) in [7, 11) is 1.82. The van der Waals surface area contributed by atoms with Crippen LogP contribution >= 0.6 is 11.6 Å². The summed E-state index contributed by atoms with van der Waals surface area (Å²) in [5.74, 6) is -5.25. The average molecular weight is 564 g/mol. The number of benzene rings is 3. The number of nitrogens with one attached hydrogen (secondary N) is 1. The lowest BCUT2D eigenvalue weighted by Crippen LogP contribution is -2.11. The minimum Gasteiger partial charge on any atom is -0.504 e. The Morgan fingerprint density at radius 2 is 1.70 bits per heavy atom. The maximum atomic E-state index is 15.7. The van der Waals surface area contributed by atoms with Gasteiger partial charge in [-0.3, -0.25) is 5.41 Å². The molecule has 40 heavy (non-hydrogen) atoms. The fourth-order valence-electron chi connectivity index (χ4n) is 3.66. The molecule has 0 saturated carbocycles. The highest BCUT2D eigenvalue weighted by atomic mass is 35.5. The fraction of sp³-hybridized carbons (Fsp3) is 0.0357. The van der Waals surface area contributed by atoms with Crippen LogP contribution in [-0.4, -0.2) is 25.5 Å². The summed E-state index contributed by atoms with van der Waals surface area (Å²) in [5, 5.41) is 18.0. The van der Waals surface area contributed by atoms with Crippen molar-refractivity contribution in [1.82, 2.24) is 14.5 Å². The topological polar surface area (TPSA) is 128 Å². The van der Waals surface area contributed by atoms with Gasteiger partial charge in [-0.15, -0.1) is 0 Å². The number of phenols is 1. The second-order valence-electron chi connectivity index (χ2n) is 8.40. The van der Waals surface area contributed by atoms with Gasteiger partial charge in [0.25, 0.3) is 11.8 Å². The van der Waals surface area contributed by atoms with Crippen LogP contribution in [0.25, 0.3) is 11.4 Å². The minimum atomic E-state index is -1.33.